The van der Waals surface area contributed by atoms with Gasteiger partial charge in [0.25, 0.3) is 0 Å². The van der Waals surface area contributed by atoms with Crippen LogP contribution in [0.25, 0.3) is 22.4 Å². The van der Waals surface area contributed by atoms with Crippen LogP contribution in [0.15, 0.2) is 65.9 Å². The molecule has 8 nitrogen and oxygen atoms in total. The van der Waals surface area contributed by atoms with Crippen LogP contribution in [-0.2, 0) is 0 Å². The minimum atomic E-state index is 0.719. The summed E-state index contributed by atoms with van der Waals surface area (Å²) >= 11 is 0. The minimum Gasteiger partial charge on any atom is -0.469 e. The molecule has 1 aliphatic heterocycles. The Balaban J connectivity index is 1.45. The molecule has 0 radical (unpaired) electrons. The zero-order chi connectivity index (χ0) is 20.3. The number of piperazine rings is 1. The Labute approximate surface area is 174 Å². The van der Waals surface area contributed by atoms with Gasteiger partial charge in [0.15, 0.2) is 0 Å². The van der Waals surface area contributed by atoms with E-state index in [2.05, 4.69) is 24.8 Å². The van der Waals surface area contributed by atoms with E-state index in [1.54, 1.807) is 31.1 Å². The predicted molar refractivity (Wildman–Crippen MR) is 114 cm³/mol. The van der Waals surface area contributed by atoms with E-state index in [0.717, 1.165) is 66.2 Å². The molecule has 4 aromatic rings. The summed E-state index contributed by atoms with van der Waals surface area (Å²) in [6.45, 7) is 5.19. The summed E-state index contributed by atoms with van der Waals surface area (Å²) in [6.07, 6.45) is 10.7. The van der Waals surface area contributed by atoms with Crippen LogP contribution in [0.2, 0.25) is 0 Å². The number of hydrogen-bond donors (Lipinski definition) is 0. The first kappa shape index (κ1) is 18.2. The summed E-state index contributed by atoms with van der Waals surface area (Å²) in [7, 11) is 0. The van der Waals surface area contributed by atoms with Gasteiger partial charge >= 0.3 is 0 Å². The van der Waals surface area contributed by atoms with Crippen LogP contribution >= 0.6 is 0 Å². The fraction of sp³-hybridized carbons (Fsp3) is 0.227. The zero-order valence-electron chi connectivity index (χ0n) is 16.6. The SMILES string of the molecule is Cc1occc1-c1nc(N2CCN(c3ncccn3)CC2)ncc1-c1ccncc1. The highest BCUT2D eigenvalue weighted by atomic mass is 16.3. The molecule has 1 aliphatic rings. The van der Waals surface area contributed by atoms with Crippen molar-refractivity contribution in [2.24, 2.45) is 0 Å². The van der Waals surface area contributed by atoms with Crippen LogP contribution in [0.4, 0.5) is 11.9 Å². The summed E-state index contributed by atoms with van der Waals surface area (Å²) in [4.78, 5) is 26.9. The lowest BCUT2D eigenvalue weighted by Crippen LogP contribution is -2.47. The third-order valence-electron chi connectivity index (χ3n) is 5.28. The molecule has 0 unspecified atom stereocenters. The molecule has 1 fully saturated rings. The van der Waals surface area contributed by atoms with Gasteiger partial charge in [-0.3, -0.25) is 4.98 Å². The molecule has 8 heteroatoms. The van der Waals surface area contributed by atoms with Gasteiger partial charge in [-0.1, -0.05) is 0 Å². The van der Waals surface area contributed by atoms with E-state index in [1.807, 2.05) is 37.4 Å². The summed E-state index contributed by atoms with van der Waals surface area (Å²) in [5.74, 6) is 2.32. The Morgan fingerprint density at radius 1 is 0.800 bits per heavy atom. The summed E-state index contributed by atoms with van der Waals surface area (Å²) in [6, 6.07) is 7.72. The molecule has 0 spiro atoms. The molecular weight excluding hydrogens is 378 g/mol. The molecule has 4 aromatic heterocycles. The molecule has 1 saturated heterocycles. The lowest BCUT2D eigenvalue weighted by atomic mass is 10.0. The van der Waals surface area contributed by atoms with Gasteiger partial charge in [-0.25, -0.2) is 19.9 Å². The third kappa shape index (κ3) is 3.47. The lowest BCUT2D eigenvalue weighted by Gasteiger charge is -2.34. The second-order valence-corrected chi connectivity index (χ2v) is 7.08. The van der Waals surface area contributed by atoms with E-state index in [4.69, 9.17) is 14.4 Å². The Morgan fingerprint density at radius 2 is 1.50 bits per heavy atom. The summed E-state index contributed by atoms with van der Waals surface area (Å²) < 4.78 is 5.55. The summed E-state index contributed by atoms with van der Waals surface area (Å²) in [5, 5.41) is 0. The fourth-order valence-corrected chi connectivity index (χ4v) is 3.66. The molecule has 0 aliphatic carbocycles. The average molecular weight is 399 g/mol. The van der Waals surface area contributed by atoms with E-state index in [9.17, 15) is 0 Å². The maximum atomic E-state index is 5.55. The molecule has 0 amide bonds. The third-order valence-corrected chi connectivity index (χ3v) is 5.28. The topological polar surface area (TPSA) is 84.1 Å². The highest BCUT2D eigenvalue weighted by molar-refractivity contribution is 5.81. The molecule has 0 saturated carbocycles. The monoisotopic (exact) mass is 399 g/mol. The molecule has 0 atom stereocenters. The van der Waals surface area contributed by atoms with Crippen molar-refractivity contribution in [1.29, 1.82) is 0 Å². The van der Waals surface area contributed by atoms with E-state index >= 15 is 0 Å². The highest BCUT2D eigenvalue weighted by Gasteiger charge is 2.23. The Morgan fingerprint density at radius 3 is 2.17 bits per heavy atom. The largest absolute Gasteiger partial charge is 0.469 e. The predicted octanol–water partition coefficient (Wildman–Crippen LogP) is 3.22. The van der Waals surface area contributed by atoms with Gasteiger partial charge in [0.1, 0.15) is 5.76 Å². The van der Waals surface area contributed by atoms with Gasteiger partial charge in [0.05, 0.1) is 12.0 Å². The van der Waals surface area contributed by atoms with Crippen molar-refractivity contribution < 1.29 is 4.42 Å². The number of furan rings is 1. The molecule has 5 heterocycles. The number of pyridine rings is 1. The van der Waals surface area contributed by atoms with Gasteiger partial charge < -0.3 is 14.2 Å². The van der Waals surface area contributed by atoms with E-state index in [-0.39, 0.29) is 0 Å². The summed E-state index contributed by atoms with van der Waals surface area (Å²) in [5.41, 5.74) is 3.83. The number of aromatic nitrogens is 5. The van der Waals surface area contributed by atoms with Crippen LogP contribution < -0.4 is 9.80 Å². The normalized spacial score (nSPS) is 14.2. The van der Waals surface area contributed by atoms with Crippen LogP contribution in [-0.4, -0.2) is 51.1 Å². The van der Waals surface area contributed by atoms with Crippen molar-refractivity contribution in [3.63, 3.8) is 0 Å². The van der Waals surface area contributed by atoms with Crippen molar-refractivity contribution in [2.45, 2.75) is 6.92 Å². The maximum absolute atomic E-state index is 5.55. The quantitative estimate of drug-likeness (QED) is 0.517. The Bertz CT molecular complexity index is 1120. The molecule has 150 valence electrons. The molecule has 0 aromatic carbocycles. The second-order valence-electron chi connectivity index (χ2n) is 7.08. The molecule has 5 rings (SSSR count). The van der Waals surface area contributed by atoms with Crippen molar-refractivity contribution in [2.75, 3.05) is 36.0 Å². The first-order chi connectivity index (χ1) is 14.8. The van der Waals surface area contributed by atoms with Crippen LogP contribution in [0.5, 0.6) is 0 Å². The standard InChI is InChI=1S/C22H21N7O/c1-16-18(5-14-30-16)20-19(17-3-8-23-9-4-17)15-26-22(27-20)29-12-10-28(11-13-29)21-24-6-2-7-25-21/h2-9,14-15H,10-13H2,1H3. The van der Waals surface area contributed by atoms with Crippen molar-refractivity contribution in [1.82, 2.24) is 24.9 Å². The van der Waals surface area contributed by atoms with Gasteiger partial charge in [-0.05, 0) is 36.8 Å². The second kappa shape index (κ2) is 7.90. The van der Waals surface area contributed by atoms with Gasteiger partial charge in [-0.15, -0.1) is 0 Å². The molecular formula is C22H21N7O. The van der Waals surface area contributed by atoms with Gasteiger partial charge in [0, 0.05) is 68.3 Å². The van der Waals surface area contributed by atoms with Gasteiger partial charge in [0.2, 0.25) is 11.9 Å². The Hall–Kier alpha value is -3.81. The van der Waals surface area contributed by atoms with Crippen molar-refractivity contribution >= 4 is 11.9 Å². The zero-order valence-corrected chi connectivity index (χ0v) is 16.6. The van der Waals surface area contributed by atoms with E-state index in [1.165, 1.54) is 0 Å². The Kier molecular flexibility index (Phi) is 4.80. The number of anilines is 2. The lowest BCUT2D eigenvalue weighted by molar-refractivity contribution is 0.535. The number of nitrogens with zero attached hydrogens (tertiary/aromatic N) is 7. The molecule has 0 bridgehead atoms. The number of rotatable bonds is 4. The van der Waals surface area contributed by atoms with Gasteiger partial charge in [-0.2, -0.15) is 0 Å². The van der Waals surface area contributed by atoms with Crippen molar-refractivity contribution in [3.05, 3.63) is 67.3 Å². The van der Waals surface area contributed by atoms with Crippen LogP contribution in [0.3, 0.4) is 0 Å². The van der Waals surface area contributed by atoms with Crippen LogP contribution in [0, 0.1) is 6.92 Å². The maximum Gasteiger partial charge on any atom is 0.226 e. The first-order valence-electron chi connectivity index (χ1n) is 9.88. The smallest absolute Gasteiger partial charge is 0.226 e. The average Bonchev–Trinajstić information content (AvgIpc) is 3.26. The highest BCUT2D eigenvalue weighted by Crippen LogP contribution is 2.33. The number of hydrogen-bond acceptors (Lipinski definition) is 8. The van der Waals surface area contributed by atoms with E-state index < -0.39 is 0 Å². The number of aryl methyl sites for hydroxylation is 1. The molecule has 30 heavy (non-hydrogen) atoms. The fourth-order valence-electron chi connectivity index (χ4n) is 3.66. The minimum absolute atomic E-state index is 0.719. The van der Waals surface area contributed by atoms with E-state index in [0.29, 0.717) is 0 Å². The van der Waals surface area contributed by atoms with Crippen molar-refractivity contribution in [3.8, 4) is 22.4 Å². The first-order valence-corrected chi connectivity index (χ1v) is 9.88. The molecule has 0 N–H and O–H groups in total. The van der Waals surface area contributed by atoms with Crippen LogP contribution in [0.1, 0.15) is 5.76 Å².